The molecule has 3 rings (SSSR count). The Balaban J connectivity index is 1.97. The van der Waals surface area contributed by atoms with E-state index in [-0.39, 0.29) is 0 Å². The molecule has 0 aliphatic rings. The standard InChI is InChI=1S/C18H16N2O/c19-15-6-4-5-13(9-15)14-10-16(20)12-18(11-14)21-17-7-2-1-3-8-17/h1-12H,19-20H2. The van der Waals surface area contributed by atoms with E-state index in [1.54, 1.807) is 0 Å². The molecule has 0 radical (unpaired) electrons. The third-order valence-corrected chi connectivity index (χ3v) is 3.13. The van der Waals surface area contributed by atoms with E-state index in [1.807, 2.05) is 72.8 Å². The Bertz CT molecular complexity index is 754. The van der Waals surface area contributed by atoms with E-state index < -0.39 is 0 Å². The Morgan fingerprint density at radius 2 is 1.33 bits per heavy atom. The number of para-hydroxylation sites is 1. The van der Waals surface area contributed by atoms with Crippen LogP contribution in [0.4, 0.5) is 11.4 Å². The molecule has 0 fully saturated rings. The molecule has 0 aliphatic heterocycles. The van der Waals surface area contributed by atoms with Gasteiger partial charge in [-0.1, -0.05) is 30.3 Å². The molecule has 0 spiro atoms. The number of benzene rings is 3. The summed E-state index contributed by atoms with van der Waals surface area (Å²) in [7, 11) is 0. The van der Waals surface area contributed by atoms with Crippen LogP contribution in [0.2, 0.25) is 0 Å². The normalized spacial score (nSPS) is 10.3. The fourth-order valence-corrected chi connectivity index (χ4v) is 2.19. The second kappa shape index (κ2) is 5.59. The predicted octanol–water partition coefficient (Wildman–Crippen LogP) is 4.31. The Morgan fingerprint density at radius 3 is 2.10 bits per heavy atom. The van der Waals surface area contributed by atoms with E-state index in [1.165, 1.54) is 0 Å². The van der Waals surface area contributed by atoms with Gasteiger partial charge in [0.1, 0.15) is 11.5 Å². The third kappa shape index (κ3) is 3.15. The van der Waals surface area contributed by atoms with E-state index >= 15 is 0 Å². The maximum absolute atomic E-state index is 5.98. The van der Waals surface area contributed by atoms with E-state index in [0.29, 0.717) is 11.4 Å². The lowest BCUT2D eigenvalue weighted by molar-refractivity contribution is 0.483. The lowest BCUT2D eigenvalue weighted by Gasteiger charge is -2.10. The first-order chi connectivity index (χ1) is 10.2. The smallest absolute Gasteiger partial charge is 0.130 e. The van der Waals surface area contributed by atoms with Gasteiger partial charge in [0.15, 0.2) is 0 Å². The monoisotopic (exact) mass is 276 g/mol. The summed E-state index contributed by atoms with van der Waals surface area (Å²) in [5.41, 5.74) is 15.2. The lowest BCUT2D eigenvalue weighted by Crippen LogP contribution is -1.91. The third-order valence-electron chi connectivity index (χ3n) is 3.13. The van der Waals surface area contributed by atoms with E-state index in [2.05, 4.69) is 0 Å². The highest BCUT2D eigenvalue weighted by Gasteiger charge is 2.04. The van der Waals surface area contributed by atoms with Crippen molar-refractivity contribution in [2.75, 3.05) is 11.5 Å². The first-order valence-electron chi connectivity index (χ1n) is 6.70. The van der Waals surface area contributed by atoms with Crippen molar-refractivity contribution in [3.63, 3.8) is 0 Å². The molecule has 0 aliphatic carbocycles. The molecule has 4 N–H and O–H groups in total. The van der Waals surface area contributed by atoms with E-state index in [0.717, 1.165) is 22.6 Å². The van der Waals surface area contributed by atoms with Crippen LogP contribution >= 0.6 is 0 Å². The van der Waals surface area contributed by atoms with E-state index in [4.69, 9.17) is 16.2 Å². The van der Waals surface area contributed by atoms with Crippen molar-refractivity contribution < 1.29 is 4.74 Å². The number of hydrogen-bond donors (Lipinski definition) is 2. The van der Waals surface area contributed by atoms with Crippen LogP contribution in [0.15, 0.2) is 72.8 Å². The molecule has 0 heterocycles. The second-order valence-electron chi connectivity index (χ2n) is 4.83. The van der Waals surface area contributed by atoms with Crippen LogP contribution in [-0.4, -0.2) is 0 Å². The first-order valence-corrected chi connectivity index (χ1v) is 6.70. The second-order valence-corrected chi connectivity index (χ2v) is 4.83. The largest absolute Gasteiger partial charge is 0.457 e. The van der Waals surface area contributed by atoms with Crippen LogP contribution in [0.3, 0.4) is 0 Å². The highest BCUT2D eigenvalue weighted by atomic mass is 16.5. The number of ether oxygens (including phenoxy) is 1. The summed E-state index contributed by atoms with van der Waals surface area (Å²) in [6, 6.07) is 23.0. The minimum atomic E-state index is 0.654. The summed E-state index contributed by atoms with van der Waals surface area (Å²) in [5.74, 6) is 1.49. The number of anilines is 2. The van der Waals surface area contributed by atoms with Crippen molar-refractivity contribution in [3.8, 4) is 22.6 Å². The van der Waals surface area contributed by atoms with Gasteiger partial charge in [-0.3, -0.25) is 0 Å². The lowest BCUT2D eigenvalue weighted by atomic mass is 10.0. The van der Waals surface area contributed by atoms with Gasteiger partial charge in [-0.15, -0.1) is 0 Å². The van der Waals surface area contributed by atoms with Crippen LogP contribution in [0.5, 0.6) is 11.5 Å². The van der Waals surface area contributed by atoms with Gasteiger partial charge in [-0.2, -0.15) is 0 Å². The van der Waals surface area contributed by atoms with Crippen LogP contribution in [0.25, 0.3) is 11.1 Å². The number of nitrogens with two attached hydrogens (primary N) is 2. The number of hydrogen-bond acceptors (Lipinski definition) is 3. The molecular formula is C18H16N2O. The van der Waals surface area contributed by atoms with Crippen LogP contribution in [0.1, 0.15) is 0 Å². The maximum Gasteiger partial charge on any atom is 0.130 e. The molecule has 3 aromatic rings. The molecule has 0 saturated carbocycles. The Kier molecular flexibility index (Phi) is 3.48. The summed E-state index contributed by atoms with van der Waals surface area (Å²) in [4.78, 5) is 0. The van der Waals surface area contributed by atoms with Gasteiger partial charge in [0.05, 0.1) is 0 Å². The minimum Gasteiger partial charge on any atom is -0.457 e. The highest BCUT2D eigenvalue weighted by molar-refractivity contribution is 5.72. The summed E-state index contributed by atoms with van der Waals surface area (Å²) in [6.45, 7) is 0. The van der Waals surface area contributed by atoms with Gasteiger partial charge in [0.25, 0.3) is 0 Å². The van der Waals surface area contributed by atoms with Crippen LogP contribution in [-0.2, 0) is 0 Å². The summed E-state index contributed by atoms with van der Waals surface area (Å²) in [5, 5.41) is 0. The highest BCUT2D eigenvalue weighted by Crippen LogP contribution is 2.30. The first kappa shape index (κ1) is 13.1. The zero-order chi connectivity index (χ0) is 14.7. The molecule has 3 aromatic carbocycles. The van der Waals surface area contributed by atoms with Crippen molar-refractivity contribution in [1.82, 2.24) is 0 Å². The zero-order valence-electron chi connectivity index (χ0n) is 11.5. The SMILES string of the molecule is Nc1cccc(-c2cc(N)cc(Oc3ccccc3)c2)c1. The molecule has 0 amide bonds. The molecule has 3 heteroatoms. The molecule has 3 nitrogen and oxygen atoms in total. The van der Waals surface area contributed by atoms with Crippen molar-refractivity contribution in [1.29, 1.82) is 0 Å². The van der Waals surface area contributed by atoms with Crippen LogP contribution in [0, 0.1) is 0 Å². The van der Waals surface area contributed by atoms with Crippen LogP contribution < -0.4 is 16.2 Å². The zero-order valence-corrected chi connectivity index (χ0v) is 11.5. The summed E-state index contributed by atoms with van der Waals surface area (Å²) in [6.07, 6.45) is 0. The fourth-order valence-electron chi connectivity index (χ4n) is 2.19. The van der Waals surface area contributed by atoms with Crippen molar-refractivity contribution in [2.24, 2.45) is 0 Å². The Labute approximate surface area is 123 Å². The molecule has 104 valence electrons. The summed E-state index contributed by atoms with van der Waals surface area (Å²) >= 11 is 0. The van der Waals surface area contributed by atoms with Gasteiger partial charge >= 0.3 is 0 Å². The average Bonchev–Trinajstić information content (AvgIpc) is 2.48. The van der Waals surface area contributed by atoms with Gasteiger partial charge in [-0.25, -0.2) is 0 Å². The van der Waals surface area contributed by atoms with Gasteiger partial charge in [0.2, 0.25) is 0 Å². The molecular weight excluding hydrogens is 260 g/mol. The topological polar surface area (TPSA) is 61.3 Å². The molecule has 0 aromatic heterocycles. The average molecular weight is 276 g/mol. The van der Waals surface area contributed by atoms with Crippen molar-refractivity contribution in [3.05, 3.63) is 72.8 Å². The van der Waals surface area contributed by atoms with Gasteiger partial charge in [-0.05, 0) is 47.5 Å². The molecule has 0 bridgehead atoms. The molecule has 0 unspecified atom stereocenters. The maximum atomic E-state index is 5.98. The Hall–Kier alpha value is -2.94. The minimum absolute atomic E-state index is 0.654. The molecule has 0 atom stereocenters. The van der Waals surface area contributed by atoms with Crippen molar-refractivity contribution >= 4 is 11.4 Å². The molecule has 0 saturated heterocycles. The Morgan fingerprint density at radius 1 is 0.571 bits per heavy atom. The number of nitrogen functional groups attached to an aromatic ring is 2. The summed E-state index contributed by atoms with van der Waals surface area (Å²) < 4.78 is 5.84. The molecule has 21 heavy (non-hydrogen) atoms. The van der Waals surface area contributed by atoms with Crippen molar-refractivity contribution in [2.45, 2.75) is 0 Å². The van der Waals surface area contributed by atoms with Gasteiger partial charge in [0, 0.05) is 17.4 Å². The quantitative estimate of drug-likeness (QED) is 0.701. The fraction of sp³-hybridized carbons (Fsp3) is 0. The number of rotatable bonds is 3. The van der Waals surface area contributed by atoms with E-state index in [9.17, 15) is 0 Å². The van der Waals surface area contributed by atoms with Gasteiger partial charge < -0.3 is 16.2 Å². The predicted molar refractivity (Wildman–Crippen MR) is 87.2 cm³/mol.